The van der Waals surface area contributed by atoms with Crippen LogP contribution in [0, 0.1) is 5.92 Å². The third kappa shape index (κ3) is 5.38. The number of hydrogen-bond donors (Lipinski definition) is 1. The van der Waals surface area contributed by atoms with Crippen molar-refractivity contribution in [3.63, 3.8) is 0 Å². The van der Waals surface area contributed by atoms with Crippen LogP contribution in [-0.2, 0) is 13.2 Å². The highest BCUT2D eigenvalue weighted by Gasteiger charge is 2.06. The predicted molar refractivity (Wildman–Crippen MR) is 88.7 cm³/mol. The molecule has 1 aromatic heterocycles. The number of halogens is 2. The van der Waals surface area contributed by atoms with Crippen molar-refractivity contribution < 1.29 is 9.15 Å². The van der Waals surface area contributed by atoms with Crippen LogP contribution >= 0.6 is 27.5 Å². The average molecular weight is 373 g/mol. The first-order valence-electron chi connectivity index (χ1n) is 6.90. The lowest BCUT2D eigenvalue weighted by atomic mass is 10.2. The molecule has 1 heterocycles. The minimum Gasteiger partial charge on any atom is -0.484 e. The Morgan fingerprint density at radius 3 is 2.76 bits per heavy atom. The van der Waals surface area contributed by atoms with E-state index in [0.717, 1.165) is 29.1 Å². The summed E-state index contributed by atoms with van der Waals surface area (Å²) in [4.78, 5) is 0. The molecule has 0 radical (unpaired) electrons. The summed E-state index contributed by atoms with van der Waals surface area (Å²) in [5.74, 6) is 2.96. The van der Waals surface area contributed by atoms with Crippen LogP contribution in [0.2, 0.25) is 5.02 Å². The second kappa shape index (κ2) is 7.87. The fourth-order valence-corrected chi connectivity index (χ4v) is 2.33. The van der Waals surface area contributed by atoms with Gasteiger partial charge in [0.25, 0.3) is 0 Å². The zero-order valence-electron chi connectivity index (χ0n) is 12.2. The smallest absolute Gasteiger partial charge is 0.146 e. The summed E-state index contributed by atoms with van der Waals surface area (Å²) >= 11 is 9.48. The molecular formula is C16H19BrClNO2. The highest BCUT2D eigenvalue weighted by Crippen LogP contribution is 2.28. The minimum atomic E-state index is 0.361. The van der Waals surface area contributed by atoms with Gasteiger partial charge in [0.1, 0.15) is 23.9 Å². The van der Waals surface area contributed by atoms with Gasteiger partial charge < -0.3 is 14.5 Å². The van der Waals surface area contributed by atoms with Crippen molar-refractivity contribution in [2.45, 2.75) is 27.0 Å². The van der Waals surface area contributed by atoms with Gasteiger partial charge in [0.15, 0.2) is 0 Å². The average Bonchev–Trinajstić information content (AvgIpc) is 2.87. The highest BCUT2D eigenvalue weighted by molar-refractivity contribution is 9.10. The Labute approximate surface area is 138 Å². The van der Waals surface area contributed by atoms with Crippen LogP contribution in [-0.4, -0.2) is 6.54 Å². The molecule has 0 saturated heterocycles. The topological polar surface area (TPSA) is 34.4 Å². The quantitative estimate of drug-likeness (QED) is 0.741. The normalized spacial score (nSPS) is 11.1. The second-order valence-electron chi connectivity index (χ2n) is 5.26. The molecule has 0 fully saturated rings. The van der Waals surface area contributed by atoms with Crippen LogP contribution in [0.25, 0.3) is 0 Å². The zero-order valence-corrected chi connectivity index (χ0v) is 14.5. The van der Waals surface area contributed by atoms with Gasteiger partial charge in [-0.1, -0.05) is 41.4 Å². The molecule has 3 nitrogen and oxygen atoms in total. The lowest BCUT2D eigenvalue weighted by Gasteiger charge is -2.07. The fourth-order valence-electron chi connectivity index (χ4n) is 1.82. The van der Waals surface area contributed by atoms with Crippen LogP contribution in [0.3, 0.4) is 0 Å². The van der Waals surface area contributed by atoms with Gasteiger partial charge in [-0.2, -0.15) is 0 Å². The third-order valence-corrected chi connectivity index (χ3v) is 3.64. The van der Waals surface area contributed by atoms with E-state index < -0.39 is 0 Å². The van der Waals surface area contributed by atoms with Crippen molar-refractivity contribution in [1.29, 1.82) is 0 Å². The first kappa shape index (κ1) is 16.4. The molecule has 0 aliphatic heterocycles. The molecule has 0 aliphatic rings. The first-order valence-corrected chi connectivity index (χ1v) is 8.08. The minimum absolute atomic E-state index is 0.361. The number of ether oxygens (including phenoxy) is 1. The van der Waals surface area contributed by atoms with Gasteiger partial charge in [-0.05, 0) is 42.8 Å². The molecule has 0 saturated carbocycles. The van der Waals surface area contributed by atoms with E-state index in [0.29, 0.717) is 23.3 Å². The molecule has 0 unspecified atom stereocenters. The summed E-state index contributed by atoms with van der Waals surface area (Å²) in [6.45, 7) is 6.42. The number of furan rings is 1. The third-order valence-electron chi connectivity index (χ3n) is 2.83. The van der Waals surface area contributed by atoms with Gasteiger partial charge in [-0.3, -0.25) is 0 Å². The standard InChI is InChI=1S/C16H19BrClNO2/c1-11(2)8-19-9-13-4-5-14(21-13)10-20-16-7-12(17)3-6-15(16)18/h3-7,11,19H,8-10H2,1-2H3. The van der Waals surface area contributed by atoms with Gasteiger partial charge in [0.05, 0.1) is 11.6 Å². The van der Waals surface area contributed by atoms with Crippen molar-refractivity contribution in [3.8, 4) is 5.75 Å². The first-order chi connectivity index (χ1) is 10.0. The van der Waals surface area contributed by atoms with E-state index in [4.69, 9.17) is 20.8 Å². The summed E-state index contributed by atoms with van der Waals surface area (Å²) in [7, 11) is 0. The van der Waals surface area contributed by atoms with E-state index in [-0.39, 0.29) is 0 Å². The summed E-state index contributed by atoms with van der Waals surface area (Å²) in [6.07, 6.45) is 0. The maximum Gasteiger partial charge on any atom is 0.146 e. The van der Waals surface area contributed by atoms with Gasteiger partial charge >= 0.3 is 0 Å². The summed E-state index contributed by atoms with van der Waals surface area (Å²) in [6, 6.07) is 9.41. The number of benzene rings is 1. The lowest BCUT2D eigenvalue weighted by molar-refractivity contribution is 0.265. The molecule has 0 spiro atoms. The maximum atomic E-state index is 6.08. The fraction of sp³-hybridized carbons (Fsp3) is 0.375. The molecule has 0 aliphatic carbocycles. The zero-order chi connectivity index (χ0) is 15.2. The summed E-state index contributed by atoms with van der Waals surface area (Å²) in [5, 5.41) is 3.93. The molecule has 1 aromatic carbocycles. The Balaban J connectivity index is 1.86. The Bertz CT molecular complexity index is 583. The van der Waals surface area contributed by atoms with Crippen molar-refractivity contribution in [1.82, 2.24) is 5.32 Å². The lowest BCUT2D eigenvalue weighted by Crippen LogP contribution is -2.18. The molecule has 0 bridgehead atoms. The van der Waals surface area contributed by atoms with Crippen LogP contribution in [0.15, 0.2) is 39.2 Å². The van der Waals surface area contributed by atoms with Crippen LogP contribution in [0.1, 0.15) is 25.4 Å². The molecule has 1 N–H and O–H groups in total. The van der Waals surface area contributed by atoms with Crippen molar-refractivity contribution in [2.24, 2.45) is 5.92 Å². The van der Waals surface area contributed by atoms with Gasteiger partial charge in [-0.15, -0.1) is 0 Å². The van der Waals surface area contributed by atoms with Crippen molar-refractivity contribution in [2.75, 3.05) is 6.54 Å². The Morgan fingerprint density at radius 1 is 1.24 bits per heavy atom. The molecule has 2 aromatic rings. The second-order valence-corrected chi connectivity index (χ2v) is 6.58. The van der Waals surface area contributed by atoms with E-state index in [1.165, 1.54) is 0 Å². The van der Waals surface area contributed by atoms with Gasteiger partial charge in [-0.25, -0.2) is 0 Å². The number of nitrogens with one attached hydrogen (secondary N) is 1. The van der Waals surface area contributed by atoms with E-state index in [1.54, 1.807) is 6.07 Å². The Kier molecular flexibility index (Phi) is 6.15. The Morgan fingerprint density at radius 2 is 2.00 bits per heavy atom. The largest absolute Gasteiger partial charge is 0.484 e. The highest BCUT2D eigenvalue weighted by atomic mass is 79.9. The molecule has 2 rings (SSSR count). The monoisotopic (exact) mass is 371 g/mol. The van der Waals surface area contributed by atoms with Crippen molar-refractivity contribution in [3.05, 3.63) is 51.3 Å². The maximum absolute atomic E-state index is 6.08. The molecule has 114 valence electrons. The molecule has 0 amide bonds. The number of rotatable bonds is 7. The van der Waals surface area contributed by atoms with Crippen LogP contribution < -0.4 is 10.1 Å². The van der Waals surface area contributed by atoms with E-state index in [2.05, 4.69) is 35.1 Å². The van der Waals surface area contributed by atoms with Gasteiger partial charge in [0.2, 0.25) is 0 Å². The molecular weight excluding hydrogens is 354 g/mol. The van der Waals surface area contributed by atoms with E-state index >= 15 is 0 Å². The van der Waals surface area contributed by atoms with Crippen LogP contribution in [0.5, 0.6) is 5.75 Å². The number of hydrogen-bond acceptors (Lipinski definition) is 3. The van der Waals surface area contributed by atoms with Gasteiger partial charge in [0, 0.05) is 4.47 Å². The van der Waals surface area contributed by atoms with E-state index in [9.17, 15) is 0 Å². The summed E-state index contributed by atoms with van der Waals surface area (Å²) in [5.41, 5.74) is 0. The van der Waals surface area contributed by atoms with E-state index in [1.807, 2.05) is 24.3 Å². The van der Waals surface area contributed by atoms with Crippen LogP contribution in [0.4, 0.5) is 0 Å². The predicted octanol–water partition coefficient (Wildman–Crippen LogP) is 5.02. The summed E-state index contributed by atoms with van der Waals surface area (Å²) < 4.78 is 12.3. The molecule has 21 heavy (non-hydrogen) atoms. The SMILES string of the molecule is CC(C)CNCc1ccc(COc2cc(Br)ccc2Cl)o1. The molecule has 0 atom stereocenters. The Hall–Kier alpha value is -0.970. The van der Waals surface area contributed by atoms with Crippen molar-refractivity contribution >= 4 is 27.5 Å². The molecule has 5 heteroatoms.